The van der Waals surface area contributed by atoms with Crippen LogP contribution in [0.1, 0.15) is 63.1 Å². The van der Waals surface area contributed by atoms with E-state index >= 15 is 0 Å². The molecule has 220 valence electrons. The Hall–Kier alpha value is -2.05. The summed E-state index contributed by atoms with van der Waals surface area (Å²) in [6.45, 7) is 6.55. The topological polar surface area (TPSA) is 128 Å². The van der Waals surface area contributed by atoms with Crippen molar-refractivity contribution in [2.24, 2.45) is 0 Å². The second-order valence-corrected chi connectivity index (χ2v) is 11.7. The Morgan fingerprint density at radius 1 is 0.795 bits per heavy atom. The number of unbranched alkanes of at least 4 members (excludes halogenated alkanes) is 1. The third-order valence-electron chi connectivity index (χ3n) is 5.04. The van der Waals surface area contributed by atoms with Gasteiger partial charge in [0.1, 0.15) is 6.04 Å². The molecule has 1 amide bonds. The summed E-state index contributed by atoms with van der Waals surface area (Å²) in [5, 5.41) is 11.9. The van der Waals surface area contributed by atoms with Crippen LogP contribution in [-0.4, -0.2) is 72.2 Å². The molecule has 0 aromatic heterocycles. The van der Waals surface area contributed by atoms with Gasteiger partial charge in [-0.1, -0.05) is 31.5 Å². The van der Waals surface area contributed by atoms with Gasteiger partial charge in [-0.05, 0) is 37.0 Å². The van der Waals surface area contributed by atoms with Crippen molar-refractivity contribution in [3.63, 3.8) is 0 Å². The maximum absolute atomic E-state index is 11.9. The summed E-state index contributed by atoms with van der Waals surface area (Å²) in [5.74, 6) is 2.00. The Morgan fingerprint density at radius 2 is 1.28 bits per heavy atom. The standard InChI is InChI=1S/C27H41NO8S3/c1-4-7-10-36-27(33)28-23(26(31)32)19-39-18-22-14-20(16-37-11-8-24(29)34-5-2)13-21(15-22)17-38-12-9-25(30)35-6-3/h13-15,23H,4-12,16-19H2,1-3H3,(H,28,33)(H,31,32)/t23-/m0/s1. The molecule has 12 heteroatoms. The second-order valence-electron chi connectivity index (χ2n) is 8.41. The number of carboxylic acid groups (broad SMARTS) is 1. The highest BCUT2D eigenvalue weighted by molar-refractivity contribution is 7.99. The average molecular weight is 604 g/mol. The number of rotatable bonds is 21. The van der Waals surface area contributed by atoms with E-state index in [9.17, 15) is 24.3 Å². The molecule has 0 unspecified atom stereocenters. The van der Waals surface area contributed by atoms with Crippen molar-refractivity contribution in [1.82, 2.24) is 5.32 Å². The third-order valence-corrected chi connectivity index (χ3v) is 8.20. The molecule has 1 aromatic rings. The van der Waals surface area contributed by atoms with Crippen molar-refractivity contribution in [3.8, 4) is 0 Å². The zero-order valence-corrected chi connectivity index (χ0v) is 25.5. The van der Waals surface area contributed by atoms with Crippen LogP contribution >= 0.6 is 35.3 Å². The summed E-state index contributed by atoms with van der Waals surface area (Å²) in [6, 6.07) is 5.24. The van der Waals surface area contributed by atoms with Crippen molar-refractivity contribution in [2.75, 3.05) is 37.1 Å². The monoisotopic (exact) mass is 603 g/mol. The number of aliphatic carboxylic acids is 1. The number of benzene rings is 1. The predicted octanol–water partition coefficient (Wildman–Crippen LogP) is 5.27. The normalized spacial score (nSPS) is 11.5. The quantitative estimate of drug-likeness (QED) is 0.108. The minimum atomic E-state index is -1.11. The number of esters is 2. The first-order valence-electron chi connectivity index (χ1n) is 13.1. The average Bonchev–Trinajstić information content (AvgIpc) is 2.89. The zero-order chi connectivity index (χ0) is 28.9. The fourth-order valence-corrected chi connectivity index (χ4v) is 5.91. The Labute approximate surface area is 244 Å². The SMILES string of the molecule is CCCCOC(=O)N[C@@H](CSCc1cc(CSCCC(=O)OCC)cc(CSCCC(=O)OCC)c1)C(=O)O. The molecule has 0 fully saturated rings. The molecule has 0 heterocycles. The molecular weight excluding hydrogens is 562 g/mol. The fourth-order valence-electron chi connectivity index (χ4n) is 3.21. The summed E-state index contributed by atoms with van der Waals surface area (Å²) < 4.78 is 15.0. The first-order valence-corrected chi connectivity index (χ1v) is 16.6. The number of carboxylic acids is 1. The molecule has 0 bridgehead atoms. The minimum absolute atomic E-state index is 0.195. The number of hydrogen-bond acceptors (Lipinski definition) is 10. The van der Waals surface area contributed by atoms with E-state index in [2.05, 4.69) is 23.5 Å². The van der Waals surface area contributed by atoms with Crippen LogP contribution < -0.4 is 5.32 Å². The number of carbonyl (C=O) groups is 4. The van der Waals surface area contributed by atoms with Crippen LogP contribution in [0.3, 0.4) is 0 Å². The highest BCUT2D eigenvalue weighted by Crippen LogP contribution is 2.24. The lowest BCUT2D eigenvalue weighted by atomic mass is 10.1. The first kappa shape index (κ1) is 35.0. The lowest BCUT2D eigenvalue weighted by molar-refractivity contribution is -0.143. The van der Waals surface area contributed by atoms with Crippen LogP contribution in [0.15, 0.2) is 18.2 Å². The lowest BCUT2D eigenvalue weighted by Crippen LogP contribution is -2.43. The van der Waals surface area contributed by atoms with E-state index in [1.807, 2.05) is 6.92 Å². The van der Waals surface area contributed by atoms with Crippen LogP contribution in [0.4, 0.5) is 4.79 Å². The van der Waals surface area contributed by atoms with E-state index in [0.717, 1.165) is 41.0 Å². The highest BCUT2D eigenvalue weighted by atomic mass is 32.2. The zero-order valence-electron chi connectivity index (χ0n) is 23.0. The van der Waals surface area contributed by atoms with Crippen LogP contribution in [0, 0.1) is 0 Å². The number of carbonyl (C=O) groups excluding carboxylic acids is 3. The van der Waals surface area contributed by atoms with Gasteiger partial charge in [-0.15, -0.1) is 0 Å². The van der Waals surface area contributed by atoms with Gasteiger partial charge >= 0.3 is 24.0 Å². The van der Waals surface area contributed by atoms with Gasteiger partial charge in [-0.3, -0.25) is 9.59 Å². The highest BCUT2D eigenvalue weighted by Gasteiger charge is 2.20. The second kappa shape index (κ2) is 21.7. The van der Waals surface area contributed by atoms with Crippen molar-refractivity contribution < 1.29 is 38.5 Å². The summed E-state index contributed by atoms with van der Waals surface area (Å²) in [6.07, 6.45) is 1.59. The molecule has 0 aliphatic rings. The number of amides is 1. The van der Waals surface area contributed by atoms with Crippen LogP contribution in [0.25, 0.3) is 0 Å². The van der Waals surface area contributed by atoms with Gasteiger partial charge < -0.3 is 24.6 Å². The Bertz CT molecular complexity index is 856. The molecule has 39 heavy (non-hydrogen) atoms. The lowest BCUT2D eigenvalue weighted by Gasteiger charge is -2.15. The number of hydrogen-bond donors (Lipinski definition) is 2. The molecule has 0 radical (unpaired) electrons. The smallest absolute Gasteiger partial charge is 0.407 e. The summed E-state index contributed by atoms with van der Waals surface area (Å²) in [4.78, 5) is 46.7. The molecular formula is C27H41NO8S3. The Morgan fingerprint density at radius 3 is 1.72 bits per heavy atom. The maximum atomic E-state index is 11.9. The Balaban J connectivity index is 2.74. The maximum Gasteiger partial charge on any atom is 0.407 e. The van der Waals surface area contributed by atoms with Crippen molar-refractivity contribution >= 4 is 59.3 Å². The third kappa shape index (κ3) is 17.3. The van der Waals surface area contributed by atoms with E-state index < -0.39 is 18.1 Å². The number of thioether (sulfide) groups is 3. The van der Waals surface area contributed by atoms with E-state index in [0.29, 0.717) is 43.3 Å². The summed E-state index contributed by atoms with van der Waals surface area (Å²) in [7, 11) is 0. The van der Waals surface area contributed by atoms with Crippen molar-refractivity contribution in [1.29, 1.82) is 0 Å². The van der Waals surface area contributed by atoms with E-state index in [-0.39, 0.29) is 24.3 Å². The Kier molecular flexibility index (Phi) is 19.5. The van der Waals surface area contributed by atoms with Gasteiger partial charge in [-0.25, -0.2) is 9.59 Å². The molecule has 1 atom stereocenters. The van der Waals surface area contributed by atoms with Gasteiger partial charge in [0.15, 0.2) is 0 Å². The molecule has 9 nitrogen and oxygen atoms in total. The van der Waals surface area contributed by atoms with Crippen LogP contribution in [0.5, 0.6) is 0 Å². The van der Waals surface area contributed by atoms with Gasteiger partial charge in [0.05, 0.1) is 32.7 Å². The summed E-state index contributed by atoms with van der Waals surface area (Å²) >= 11 is 4.72. The molecule has 0 saturated heterocycles. The van der Waals surface area contributed by atoms with Gasteiger partial charge in [0.25, 0.3) is 0 Å². The molecule has 1 aromatic carbocycles. The number of ether oxygens (including phenoxy) is 3. The molecule has 0 spiro atoms. The van der Waals surface area contributed by atoms with Crippen molar-refractivity contribution in [2.45, 2.75) is 69.8 Å². The van der Waals surface area contributed by atoms with Gasteiger partial charge in [0.2, 0.25) is 0 Å². The van der Waals surface area contributed by atoms with Gasteiger partial charge in [-0.2, -0.15) is 35.3 Å². The van der Waals surface area contributed by atoms with E-state index in [1.54, 1.807) is 37.4 Å². The molecule has 0 aliphatic carbocycles. The van der Waals surface area contributed by atoms with Crippen LogP contribution in [-0.2, 0) is 45.9 Å². The fraction of sp³-hybridized carbons (Fsp3) is 0.630. The minimum Gasteiger partial charge on any atom is -0.480 e. The number of alkyl carbamates (subject to hydrolysis) is 1. The predicted molar refractivity (Wildman–Crippen MR) is 158 cm³/mol. The van der Waals surface area contributed by atoms with Crippen molar-refractivity contribution in [3.05, 3.63) is 34.9 Å². The van der Waals surface area contributed by atoms with E-state index in [4.69, 9.17) is 14.2 Å². The molecule has 0 saturated carbocycles. The first-order chi connectivity index (χ1) is 18.8. The summed E-state index contributed by atoms with van der Waals surface area (Å²) in [5.41, 5.74) is 3.25. The molecule has 1 rings (SSSR count). The number of nitrogens with one attached hydrogen (secondary N) is 1. The largest absolute Gasteiger partial charge is 0.480 e. The molecule has 0 aliphatic heterocycles. The van der Waals surface area contributed by atoms with Gasteiger partial charge in [0, 0.05) is 34.5 Å². The van der Waals surface area contributed by atoms with Crippen LogP contribution in [0.2, 0.25) is 0 Å². The molecule has 2 N–H and O–H groups in total. The van der Waals surface area contributed by atoms with E-state index in [1.165, 1.54) is 11.8 Å².